The zero-order valence-corrected chi connectivity index (χ0v) is 9.12. The summed E-state index contributed by atoms with van der Waals surface area (Å²) >= 11 is 0. The van der Waals surface area contributed by atoms with Gasteiger partial charge in [0.2, 0.25) is 11.7 Å². The number of nitrogens with zero attached hydrogens (tertiary/aromatic N) is 2. The highest BCUT2D eigenvalue weighted by Gasteiger charge is 2.09. The van der Waals surface area contributed by atoms with Gasteiger partial charge in [0.05, 0.1) is 6.54 Å². The zero-order valence-electron chi connectivity index (χ0n) is 9.12. The Balaban J connectivity index is 2.31. The maximum atomic E-state index is 13.1. The van der Waals surface area contributed by atoms with Gasteiger partial charge in [-0.2, -0.15) is 4.98 Å². The number of aryl methyl sites for hydroxylation is 1. The van der Waals surface area contributed by atoms with Crippen LogP contribution in [0.15, 0.2) is 22.7 Å². The van der Waals surface area contributed by atoms with Gasteiger partial charge in [-0.15, -0.1) is 0 Å². The van der Waals surface area contributed by atoms with E-state index in [9.17, 15) is 4.39 Å². The average molecular weight is 221 g/mol. The minimum absolute atomic E-state index is 0.234. The Hall–Kier alpha value is -1.75. The van der Waals surface area contributed by atoms with Crippen LogP contribution in [0.2, 0.25) is 0 Å². The standard InChI is InChI=1S/C11H12FN3O/c1-7-5-8(3-4-9(7)12)11-14-10(6-13-2)16-15-11/h3-5,13H,6H2,1-2H3. The van der Waals surface area contributed by atoms with Gasteiger partial charge in [0, 0.05) is 5.56 Å². The second kappa shape index (κ2) is 4.40. The van der Waals surface area contributed by atoms with E-state index in [1.165, 1.54) is 6.07 Å². The van der Waals surface area contributed by atoms with Crippen LogP contribution in [-0.2, 0) is 6.54 Å². The average Bonchev–Trinajstić information content (AvgIpc) is 2.71. The fourth-order valence-corrected chi connectivity index (χ4v) is 1.38. The van der Waals surface area contributed by atoms with E-state index in [2.05, 4.69) is 15.5 Å². The van der Waals surface area contributed by atoms with Gasteiger partial charge < -0.3 is 9.84 Å². The number of hydrogen-bond acceptors (Lipinski definition) is 4. The first-order valence-electron chi connectivity index (χ1n) is 4.94. The molecule has 0 aliphatic carbocycles. The van der Waals surface area contributed by atoms with Crippen LogP contribution in [0.25, 0.3) is 11.4 Å². The SMILES string of the molecule is CNCc1nc(-c2ccc(F)c(C)c2)no1. The van der Waals surface area contributed by atoms with Gasteiger partial charge >= 0.3 is 0 Å². The minimum atomic E-state index is -0.234. The van der Waals surface area contributed by atoms with E-state index >= 15 is 0 Å². The molecule has 0 bridgehead atoms. The third-order valence-electron chi connectivity index (χ3n) is 2.21. The van der Waals surface area contributed by atoms with Crippen molar-refractivity contribution in [2.45, 2.75) is 13.5 Å². The van der Waals surface area contributed by atoms with Crippen LogP contribution in [0, 0.1) is 12.7 Å². The third kappa shape index (κ3) is 2.09. The topological polar surface area (TPSA) is 51.0 Å². The van der Waals surface area contributed by atoms with Crippen LogP contribution in [0.4, 0.5) is 4.39 Å². The first-order chi connectivity index (χ1) is 7.70. The van der Waals surface area contributed by atoms with Gasteiger partial charge in [-0.05, 0) is 37.7 Å². The lowest BCUT2D eigenvalue weighted by atomic mass is 10.1. The molecule has 0 amide bonds. The molecule has 0 saturated carbocycles. The van der Waals surface area contributed by atoms with Crippen LogP contribution >= 0.6 is 0 Å². The molecule has 4 nitrogen and oxygen atoms in total. The van der Waals surface area contributed by atoms with E-state index in [0.29, 0.717) is 23.8 Å². The second-order valence-electron chi connectivity index (χ2n) is 3.51. The predicted molar refractivity (Wildman–Crippen MR) is 57.2 cm³/mol. The van der Waals surface area contributed by atoms with E-state index < -0.39 is 0 Å². The summed E-state index contributed by atoms with van der Waals surface area (Å²) in [6.45, 7) is 2.22. The molecular formula is C11H12FN3O. The third-order valence-corrected chi connectivity index (χ3v) is 2.21. The van der Waals surface area contributed by atoms with Crippen LogP contribution in [0.5, 0.6) is 0 Å². The number of hydrogen-bond donors (Lipinski definition) is 1. The summed E-state index contributed by atoms with van der Waals surface area (Å²) in [4.78, 5) is 4.18. The van der Waals surface area contributed by atoms with Crippen LogP contribution in [0.3, 0.4) is 0 Å². The molecule has 0 aliphatic heterocycles. The van der Waals surface area contributed by atoms with Crippen molar-refractivity contribution in [1.29, 1.82) is 0 Å². The highest BCUT2D eigenvalue weighted by Crippen LogP contribution is 2.18. The summed E-state index contributed by atoms with van der Waals surface area (Å²) in [6.07, 6.45) is 0. The number of nitrogens with one attached hydrogen (secondary N) is 1. The lowest BCUT2D eigenvalue weighted by molar-refractivity contribution is 0.372. The molecule has 0 unspecified atom stereocenters. The molecule has 0 saturated heterocycles. The second-order valence-corrected chi connectivity index (χ2v) is 3.51. The first kappa shape index (κ1) is 10.8. The van der Waals surface area contributed by atoms with E-state index in [-0.39, 0.29) is 5.82 Å². The zero-order chi connectivity index (χ0) is 11.5. The lowest BCUT2D eigenvalue weighted by Gasteiger charge is -1.97. The maximum Gasteiger partial charge on any atom is 0.240 e. The fraction of sp³-hybridized carbons (Fsp3) is 0.273. The molecule has 2 aromatic rings. The largest absolute Gasteiger partial charge is 0.338 e. The van der Waals surface area contributed by atoms with Gasteiger partial charge in [-0.25, -0.2) is 4.39 Å². The van der Waals surface area contributed by atoms with Crippen molar-refractivity contribution in [3.8, 4) is 11.4 Å². The molecule has 1 heterocycles. The molecule has 0 atom stereocenters. The van der Waals surface area contributed by atoms with Gasteiger partial charge in [-0.1, -0.05) is 5.16 Å². The van der Waals surface area contributed by atoms with Crippen molar-refractivity contribution in [2.24, 2.45) is 0 Å². The monoisotopic (exact) mass is 221 g/mol. The van der Waals surface area contributed by atoms with Gasteiger partial charge in [0.15, 0.2) is 0 Å². The number of rotatable bonds is 3. The summed E-state index contributed by atoms with van der Waals surface area (Å²) in [5.41, 5.74) is 1.32. The van der Waals surface area contributed by atoms with E-state index in [1.807, 2.05) is 0 Å². The van der Waals surface area contributed by atoms with Crippen molar-refractivity contribution in [3.63, 3.8) is 0 Å². The highest BCUT2D eigenvalue weighted by atomic mass is 19.1. The summed E-state index contributed by atoms with van der Waals surface area (Å²) in [5, 5.41) is 6.74. The van der Waals surface area contributed by atoms with E-state index in [4.69, 9.17) is 4.52 Å². The normalized spacial score (nSPS) is 10.7. The molecule has 5 heteroatoms. The Kier molecular flexibility index (Phi) is 2.96. The molecule has 16 heavy (non-hydrogen) atoms. The molecule has 0 spiro atoms. The minimum Gasteiger partial charge on any atom is -0.338 e. The summed E-state index contributed by atoms with van der Waals surface area (Å²) < 4.78 is 18.1. The van der Waals surface area contributed by atoms with Crippen molar-refractivity contribution < 1.29 is 8.91 Å². The Morgan fingerprint density at radius 3 is 2.94 bits per heavy atom. The van der Waals surface area contributed by atoms with Crippen LogP contribution < -0.4 is 5.32 Å². The fourth-order valence-electron chi connectivity index (χ4n) is 1.38. The summed E-state index contributed by atoms with van der Waals surface area (Å²) in [5.74, 6) is 0.760. The molecule has 84 valence electrons. The summed E-state index contributed by atoms with van der Waals surface area (Å²) in [7, 11) is 1.80. The first-order valence-corrected chi connectivity index (χ1v) is 4.94. The Morgan fingerprint density at radius 1 is 1.44 bits per heavy atom. The van der Waals surface area contributed by atoms with E-state index in [0.717, 1.165) is 5.56 Å². The predicted octanol–water partition coefficient (Wildman–Crippen LogP) is 1.90. The van der Waals surface area contributed by atoms with Crippen molar-refractivity contribution in [3.05, 3.63) is 35.5 Å². The molecule has 1 aromatic heterocycles. The van der Waals surface area contributed by atoms with Crippen LogP contribution in [0.1, 0.15) is 11.5 Å². The molecule has 0 aliphatic rings. The van der Waals surface area contributed by atoms with Gasteiger partial charge in [-0.3, -0.25) is 0 Å². The number of aromatic nitrogens is 2. The molecule has 2 rings (SSSR count). The quantitative estimate of drug-likeness (QED) is 0.860. The van der Waals surface area contributed by atoms with E-state index in [1.54, 1.807) is 26.1 Å². The van der Waals surface area contributed by atoms with Gasteiger partial charge in [0.25, 0.3) is 0 Å². The number of halogens is 1. The molecule has 0 radical (unpaired) electrons. The molecule has 0 fully saturated rings. The van der Waals surface area contributed by atoms with Crippen molar-refractivity contribution in [2.75, 3.05) is 7.05 Å². The molecular weight excluding hydrogens is 209 g/mol. The highest BCUT2D eigenvalue weighted by molar-refractivity contribution is 5.55. The Bertz CT molecular complexity index is 496. The number of benzene rings is 1. The maximum absolute atomic E-state index is 13.1. The summed E-state index contributed by atoms with van der Waals surface area (Å²) in [6, 6.07) is 4.73. The Morgan fingerprint density at radius 2 is 2.25 bits per heavy atom. The van der Waals surface area contributed by atoms with Gasteiger partial charge in [0.1, 0.15) is 5.82 Å². The smallest absolute Gasteiger partial charge is 0.240 e. The molecule has 1 N–H and O–H groups in total. The van der Waals surface area contributed by atoms with Crippen molar-refractivity contribution in [1.82, 2.24) is 15.5 Å². The van der Waals surface area contributed by atoms with Crippen LogP contribution in [-0.4, -0.2) is 17.2 Å². The lowest BCUT2D eigenvalue weighted by Crippen LogP contribution is -2.04. The Labute approximate surface area is 92.5 Å². The van der Waals surface area contributed by atoms with Crippen molar-refractivity contribution >= 4 is 0 Å². The molecule has 1 aromatic carbocycles.